The van der Waals surface area contributed by atoms with Crippen molar-refractivity contribution in [3.05, 3.63) is 29.7 Å². The maximum atomic E-state index is 4.30. The van der Waals surface area contributed by atoms with Gasteiger partial charge in [-0.3, -0.25) is 9.88 Å². The molecule has 0 unspecified atom stereocenters. The summed E-state index contributed by atoms with van der Waals surface area (Å²) in [6, 6.07) is 2.10. The van der Waals surface area contributed by atoms with Crippen LogP contribution in [0.5, 0.6) is 0 Å². The maximum absolute atomic E-state index is 4.30. The van der Waals surface area contributed by atoms with Gasteiger partial charge in [-0.15, -0.1) is 0 Å². The minimum absolute atomic E-state index is 0.420. The third-order valence-corrected chi connectivity index (χ3v) is 4.52. The van der Waals surface area contributed by atoms with Crippen LogP contribution in [0.4, 0.5) is 0 Å². The summed E-state index contributed by atoms with van der Waals surface area (Å²) >= 11 is 0. The average molecular weight is 227 g/mol. The van der Waals surface area contributed by atoms with Crippen molar-refractivity contribution >= 4 is 10.9 Å². The van der Waals surface area contributed by atoms with Gasteiger partial charge in [0.25, 0.3) is 0 Å². The number of aromatic nitrogens is 2. The first-order valence-electron chi connectivity index (χ1n) is 6.42. The molecule has 4 rings (SSSR count). The van der Waals surface area contributed by atoms with Crippen molar-refractivity contribution in [2.75, 3.05) is 13.6 Å². The Balaban J connectivity index is 2.02. The molecule has 3 heterocycles. The lowest BCUT2D eigenvalue weighted by Gasteiger charge is -2.48. The highest BCUT2D eigenvalue weighted by Crippen LogP contribution is 2.50. The van der Waals surface area contributed by atoms with Crippen LogP contribution in [0.15, 0.2) is 18.5 Å². The van der Waals surface area contributed by atoms with E-state index >= 15 is 0 Å². The van der Waals surface area contributed by atoms with E-state index in [2.05, 4.69) is 28.0 Å². The summed E-state index contributed by atoms with van der Waals surface area (Å²) in [6.07, 6.45) is 7.97. The van der Waals surface area contributed by atoms with Gasteiger partial charge in [0, 0.05) is 47.5 Å². The lowest BCUT2D eigenvalue weighted by molar-refractivity contribution is 0.135. The second-order valence-electron chi connectivity index (χ2n) is 5.71. The summed E-state index contributed by atoms with van der Waals surface area (Å²) < 4.78 is 0. The number of hydrogen-bond donors (Lipinski definition) is 1. The maximum Gasteiger partial charge on any atom is 0.0490 e. The second-order valence-corrected chi connectivity index (χ2v) is 5.71. The Morgan fingerprint density at radius 1 is 1.41 bits per heavy atom. The van der Waals surface area contributed by atoms with Crippen molar-refractivity contribution in [3.8, 4) is 0 Å². The van der Waals surface area contributed by atoms with Gasteiger partial charge in [0.1, 0.15) is 0 Å². The Morgan fingerprint density at radius 2 is 2.29 bits per heavy atom. The summed E-state index contributed by atoms with van der Waals surface area (Å²) in [4.78, 5) is 10.3. The Bertz CT molecular complexity index is 580. The number of fused-ring (bicyclic) bond motifs is 4. The van der Waals surface area contributed by atoms with E-state index in [0.29, 0.717) is 5.41 Å². The molecule has 0 bridgehead atoms. The van der Waals surface area contributed by atoms with Crippen molar-refractivity contribution in [3.63, 3.8) is 0 Å². The van der Waals surface area contributed by atoms with Crippen LogP contribution < -0.4 is 0 Å². The lowest BCUT2D eigenvalue weighted by atomic mass is 9.62. The monoisotopic (exact) mass is 227 g/mol. The number of nitrogens with zero attached hydrogens (tertiary/aromatic N) is 2. The summed E-state index contributed by atoms with van der Waals surface area (Å²) in [5.41, 5.74) is 4.67. The van der Waals surface area contributed by atoms with Crippen molar-refractivity contribution in [2.45, 2.75) is 31.2 Å². The molecule has 3 nitrogen and oxygen atoms in total. The van der Waals surface area contributed by atoms with E-state index in [0.717, 1.165) is 6.54 Å². The van der Waals surface area contributed by atoms with Gasteiger partial charge in [-0.05, 0) is 31.5 Å². The van der Waals surface area contributed by atoms with Crippen LogP contribution in [0.25, 0.3) is 10.9 Å². The minimum atomic E-state index is 0.420. The van der Waals surface area contributed by atoms with Crippen LogP contribution >= 0.6 is 0 Å². The molecule has 2 aromatic rings. The molecule has 0 radical (unpaired) electrons. The highest BCUT2D eigenvalue weighted by Gasteiger charge is 2.45. The first-order chi connectivity index (χ1) is 8.28. The third-order valence-electron chi connectivity index (χ3n) is 4.52. The van der Waals surface area contributed by atoms with E-state index in [-0.39, 0.29) is 0 Å². The number of nitrogens with one attached hydrogen (secondary N) is 1. The first-order valence-corrected chi connectivity index (χ1v) is 6.42. The molecule has 0 aromatic carbocycles. The molecule has 88 valence electrons. The molecule has 2 aromatic heterocycles. The molecular weight excluding hydrogens is 210 g/mol. The van der Waals surface area contributed by atoms with Crippen LogP contribution in [0.1, 0.15) is 30.5 Å². The van der Waals surface area contributed by atoms with Gasteiger partial charge in [0.15, 0.2) is 0 Å². The minimum Gasteiger partial charge on any atom is -0.357 e. The van der Waals surface area contributed by atoms with E-state index in [1.54, 1.807) is 5.56 Å². The average Bonchev–Trinajstić information content (AvgIpc) is 2.63. The van der Waals surface area contributed by atoms with Gasteiger partial charge in [-0.2, -0.15) is 0 Å². The molecule has 17 heavy (non-hydrogen) atoms. The highest BCUT2D eigenvalue weighted by atomic mass is 15.1. The molecule has 1 saturated carbocycles. The largest absolute Gasteiger partial charge is 0.357 e. The van der Waals surface area contributed by atoms with E-state index in [9.17, 15) is 0 Å². The predicted molar refractivity (Wildman–Crippen MR) is 68.0 cm³/mol. The molecule has 1 spiro atoms. The zero-order chi connectivity index (χ0) is 11.5. The predicted octanol–water partition coefficient (Wildman–Crippen LogP) is 2.43. The number of pyridine rings is 1. The van der Waals surface area contributed by atoms with Crippen molar-refractivity contribution < 1.29 is 0 Å². The second kappa shape index (κ2) is 3.10. The van der Waals surface area contributed by atoms with Crippen molar-refractivity contribution in [1.29, 1.82) is 0 Å². The van der Waals surface area contributed by atoms with Gasteiger partial charge < -0.3 is 4.98 Å². The lowest BCUT2D eigenvalue weighted by Crippen LogP contribution is -2.48. The first kappa shape index (κ1) is 9.66. The van der Waals surface area contributed by atoms with Crippen LogP contribution in [-0.4, -0.2) is 28.5 Å². The van der Waals surface area contributed by atoms with E-state index in [1.807, 2.05) is 12.4 Å². The van der Waals surface area contributed by atoms with E-state index < -0.39 is 0 Å². The zero-order valence-electron chi connectivity index (χ0n) is 10.2. The van der Waals surface area contributed by atoms with Gasteiger partial charge in [0.05, 0.1) is 0 Å². The zero-order valence-corrected chi connectivity index (χ0v) is 10.2. The topological polar surface area (TPSA) is 31.9 Å². The SMILES string of the molecule is CN1Cc2[nH]c3ccncc3c2C2(CCC2)C1. The summed E-state index contributed by atoms with van der Waals surface area (Å²) in [5, 5.41) is 1.36. The number of likely N-dealkylation sites (N-methyl/N-ethyl adjacent to an activating group) is 1. The molecule has 0 saturated heterocycles. The van der Waals surface area contributed by atoms with Gasteiger partial charge >= 0.3 is 0 Å². The Labute approximate surface area is 101 Å². The smallest absolute Gasteiger partial charge is 0.0490 e. The molecule has 2 aliphatic rings. The van der Waals surface area contributed by atoms with Crippen molar-refractivity contribution in [2.24, 2.45) is 0 Å². The number of H-pyrrole nitrogens is 1. The molecule has 1 fully saturated rings. The van der Waals surface area contributed by atoms with E-state index in [1.165, 1.54) is 42.4 Å². The van der Waals surface area contributed by atoms with Gasteiger partial charge in [0.2, 0.25) is 0 Å². The van der Waals surface area contributed by atoms with Crippen LogP contribution in [0, 0.1) is 0 Å². The molecule has 1 aliphatic heterocycles. The van der Waals surface area contributed by atoms with Gasteiger partial charge in [-0.1, -0.05) is 6.42 Å². The molecular formula is C14H17N3. The third kappa shape index (κ3) is 1.18. The molecule has 1 aliphatic carbocycles. The Morgan fingerprint density at radius 3 is 3.06 bits per heavy atom. The van der Waals surface area contributed by atoms with Crippen LogP contribution in [0.3, 0.4) is 0 Å². The quantitative estimate of drug-likeness (QED) is 0.749. The summed E-state index contributed by atoms with van der Waals surface area (Å²) in [5.74, 6) is 0. The Hall–Kier alpha value is -1.35. The molecule has 3 heteroatoms. The number of aromatic amines is 1. The molecule has 1 N–H and O–H groups in total. The number of rotatable bonds is 0. The fourth-order valence-corrected chi connectivity index (χ4v) is 3.75. The highest BCUT2D eigenvalue weighted by molar-refractivity contribution is 5.85. The Kier molecular flexibility index (Phi) is 1.76. The fraction of sp³-hybridized carbons (Fsp3) is 0.500. The van der Waals surface area contributed by atoms with Gasteiger partial charge in [-0.25, -0.2) is 0 Å². The van der Waals surface area contributed by atoms with E-state index in [4.69, 9.17) is 0 Å². The summed E-state index contributed by atoms with van der Waals surface area (Å²) in [7, 11) is 2.23. The summed E-state index contributed by atoms with van der Waals surface area (Å²) in [6.45, 7) is 2.26. The van der Waals surface area contributed by atoms with Crippen molar-refractivity contribution in [1.82, 2.24) is 14.9 Å². The number of hydrogen-bond acceptors (Lipinski definition) is 2. The fourth-order valence-electron chi connectivity index (χ4n) is 3.75. The molecule has 0 atom stereocenters. The standard InChI is InChI=1S/C14H17N3/c1-17-8-12-13(14(9-17)4-2-5-14)10-7-15-6-3-11(10)16-12/h3,6-7,16H,2,4-5,8-9H2,1H3. The van der Waals surface area contributed by atoms with Crippen LogP contribution in [0.2, 0.25) is 0 Å². The molecule has 0 amide bonds. The van der Waals surface area contributed by atoms with Crippen LogP contribution in [-0.2, 0) is 12.0 Å². The normalized spacial score (nSPS) is 22.6.